The Morgan fingerprint density at radius 1 is 1.09 bits per heavy atom. The van der Waals surface area contributed by atoms with Crippen LogP contribution in [0.2, 0.25) is 0 Å². The van der Waals surface area contributed by atoms with Gasteiger partial charge in [0.2, 0.25) is 5.75 Å². The van der Waals surface area contributed by atoms with E-state index in [2.05, 4.69) is 5.10 Å². The van der Waals surface area contributed by atoms with Gasteiger partial charge in [0.05, 0.1) is 18.0 Å². The fourth-order valence-corrected chi connectivity index (χ4v) is 4.26. The van der Waals surface area contributed by atoms with Gasteiger partial charge in [0.15, 0.2) is 0 Å². The fraction of sp³-hybridized carbons (Fsp3) is 0.542. The third-order valence-corrected chi connectivity index (χ3v) is 5.92. The van der Waals surface area contributed by atoms with Crippen molar-refractivity contribution in [2.45, 2.75) is 57.8 Å². The number of aliphatic hydroxyl groups is 1. The van der Waals surface area contributed by atoms with Crippen LogP contribution in [0.5, 0.6) is 5.75 Å². The Morgan fingerprint density at radius 2 is 1.74 bits per heavy atom. The van der Waals surface area contributed by atoms with Gasteiger partial charge in [-0.25, -0.2) is 13.6 Å². The summed E-state index contributed by atoms with van der Waals surface area (Å²) in [7, 11) is 0. The lowest BCUT2D eigenvalue weighted by Crippen LogP contribution is -2.50. The maximum absolute atomic E-state index is 13.8. The Kier molecular flexibility index (Phi) is 6.98. The predicted molar refractivity (Wildman–Crippen MR) is 124 cm³/mol. The van der Waals surface area contributed by atoms with Gasteiger partial charge in [-0.3, -0.25) is 4.79 Å². The maximum Gasteiger partial charge on any atom is 0.410 e. The van der Waals surface area contributed by atoms with E-state index in [1.165, 1.54) is 6.20 Å². The van der Waals surface area contributed by atoms with Crippen molar-refractivity contribution in [2.24, 2.45) is 0 Å². The van der Waals surface area contributed by atoms with Crippen LogP contribution < -0.4 is 15.2 Å². The average molecular weight is 493 g/mol. The first-order valence-electron chi connectivity index (χ1n) is 11.7. The summed E-state index contributed by atoms with van der Waals surface area (Å²) in [5.41, 5.74) is -0.909. The lowest BCUT2D eigenvalue weighted by Gasteiger charge is -2.37. The van der Waals surface area contributed by atoms with Gasteiger partial charge < -0.3 is 24.4 Å². The van der Waals surface area contributed by atoms with E-state index < -0.39 is 35.0 Å². The van der Waals surface area contributed by atoms with Crippen molar-refractivity contribution in [3.05, 3.63) is 46.4 Å². The van der Waals surface area contributed by atoms with Gasteiger partial charge in [-0.05, 0) is 45.7 Å². The second-order valence-corrected chi connectivity index (χ2v) is 9.86. The maximum atomic E-state index is 13.8. The molecule has 35 heavy (non-hydrogen) atoms. The Balaban J connectivity index is 1.62. The number of aromatic nitrogens is 2. The number of hydrogen-bond acceptors (Lipinski definition) is 7. The van der Waals surface area contributed by atoms with Crippen LogP contribution in [0.3, 0.4) is 0 Å². The number of carbonyl (C=O) groups excluding carboxylic acids is 1. The summed E-state index contributed by atoms with van der Waals surface area (Å²) in [6.45, 7) is 6.95. The van der Waals surface area contributed by atoms with Crippen molar-refractivity contribution in [3.8, 4) is 11.4 Å². The second-order valence-electron chi connectivity index (χ2n) is 9.86. The van der Waals surface area contributed by atoms with Crippen LogP contribution in [0.1, 0.15) is 40.0 Å². The minimum Gasteiger partial charge on any atom is -0.483 e. The zero-order valence-electron chi connectivity index (χ0n) is 20.0. The Morgan fingerprint density at radius 3 is 2.31 bits per heavy atom. The quantitative estimate of drug-likeness (QED) is 0.701. The Bertz CT molecular complexity index is 1120. The second kappa shape index (κ2) is 9.80. The summed E-state index contributed by atoms with van der Waals surface area (Å²) < 4.78 is 40.0. The summed E-state index contributed by atoms with van der Waals surface area (Å²) in [5.74, 6) is -1.68. The van der Waals surface area contributed by atoms with Crippen molar-refractivity contribution >= 4 is 11.8 Å². The highest BCUT2D eigenvalue weighted by atomic mass is 19.1. The van der Waals surface area contributed by atoms with Crippen molar-refractivity contribution < 1.29 is 28.2 Å². The van der Waals surface area contributed by atoms with E-state index in [0.29, 0.717) is 57.2 Å². The van der Waals surface area contributed by atoms with E-state index >= 15 is 0 Å². The normalized spacial score (nSPS) is 20.7. The molecule has 4 rings (SSSR count). The Hall–Kier alpha value is -3.21. The van der Waals surface area contributed by atoms with Crippen molar-refractivity contribution in [2.75, 3.05) is 31.1 Å². The van der Waals surface area contributed by atoms with E-state index in [1.54, 1.807) is 25.7 Å². The van der Waals surface area contributed by atoms with Crippen molar-refractivity contribution in [1.29, 1.82) is 0 Å². The van der Waals surface area contributed by atoms with Crippen molar-refractivity contribution in [3.63, 3.8) is 0 Å². The van der Waals surface area contributed by atoms with Gasteiger partial charge in [0, 0.05) is 38.7 Å². The monoisotopic (exact) mass is 492 g/mol. The van der Waals surface area contributed by atoms with E-state index in [1.807, 2.05) is 4.90 Å². The predicted octanol–water partition coefficient (Wildman–Crippen LogP) is 2.86. The van der Waals surface area contributed by atoms with E-state index in [0.717, 1.165) is 16.8 Å². The van der Waals surface area contributed by atoms with Crippen LogP contribution in [0.25, 0.3) is 5.69 Å². The minimum absolute atomic E-state index is 0.00510. The van der Waals surface area contributed by atoms with Crippen LogP contribution in [0.15, 0.2) is 29.2 Å². The lowest BCUT2D eigenvalue weighted by atomic mass is 10.2. The molecule has 1 aromatic heterocycles. The van der Waals surface area contributed by atoms with E-state index in [9.17, 15) is 23.5 Å². The topological polar surface area (TPSA) is 97.1 Å². The zero-order valence-corrected chi connectivity index (χ0v) is 20.0. The van der Waals surface area contributed by atoms with Gasteiger partial charge in [-0.2, -0.15) is 9.78 Å². The van der Waals surface area contributed by atoms with Gasteiger partial charge in [0.25, 0.3) is 0 Å². The number of aliphatic hydroxyl groups excluding tert-OH is 1. The van der Waals surface area contributed by atoms with Gasteiger partial charge in [-0.1, -0.05) is 0 Å². The summed E-state index contributed by atoms with van der Waals surface area (Å²) >= 11 is 0. The van der Waals surface area contributed by atoms with Crippen LogP contribution in [-0.4, -0.2) is 69.9 Å². The molecule has 1 saturated heterocycles. The molecule has 0 bridgehead atoms. The first kappa shape index (κ1) is 24.9. The summed E-state index contributed by atoms with van der Waals surface area (Å²) in [5, 5.41) is 14.1. The van der Waals surface area contributed by atoms with Gasteiger partial charge in [-0.15, -0.1) is 0 Å². The van der Waals surface area contributed by atoms with Crippen molar-refractivity contribution in [1.82, 2.24) is 14.7 Å². The number of carbonyl (C=O) groups is 1. The van der Waals surface area contributed by atoms with Crippen LogP contribution >= 0.6 is 0 Å². The molecule has 1 N–H and O–H groups in total. The van der Waals surface area contributed by atoms with E-state index in [-0.39, 0.29) is 17.5 Å². The number of anilines is 1. The van der Waals surface area contributed by atoms with Crippen LogP contribution in [0, 0.1) is 11.6 Å². The molecule has 0 unspecified atom stereocenters. The number of ether oxygens (including phenoxy) is 2. The molecule has 0 spiro atoms. The molecular formula is C24H30F2N4O5. The molecule has 1 amide bonds. The minimum atomic E-state index is -0.836. The molecule has 190 valence electrons. The average Bonchev–Trinajstić information content (AvgIpc) is 3.18. The summed E-state index contributed by atoms with van der Waals surface area (Å²) in [4.78, 5) is 29.3. The molecule has 0 radical (unpaired) electrons. The first-order chi connectivity index (χ1) is 16.5. The summed E-state index contributed by atoms with van der Waals surface area (Å²) in [6, 6.07) is 2.74. The highest BCUT2D eigenvalue weighted by Gasteiger charge is 2.31. The number of amides is 1. The molecule has 1 aromatic carbocycles. The molecule has 2 fully saturated rings. The Labute approximate surface area is 201 Å². The number of hydrogen-bond donors (Lipinski definition) is 1. The smallest absolute Gasteiger partial charge is 0.410 e. The number of benzene rings is 1. The fourth-order valence-electron chi connectivity index (χ4n) is 4.26. The van der Waals surface area contributed by atoms with Crippen LogP contribution in [0.4, 0.5) is 19.3 Å². The molecule has 9 nitrogen and oxygen atoms in total. The molecule has 11 heteroatoms. The molecule has 1 saturated carbocycles. The van der Waals surface area contributed by atoms with Gasteiger partial charge >= 0.3 is 11.7 Å². The standard InChI is InChI=1S/C24H30F2N4O5/c1-24(2,3)35-23(33)29-8-6-28(7-9-29)20-14-27-30(17-11-15(25)10-16(26)12-17)22(32)21(20)34-19-5-4-18(31)13-19/h10-12,14,18-19,31H,4-9,13H2,1-3H3/t18-,19+/m1/s1. The highest BCUT2D eigenvalue weighted by molar-refractivity contribution is 5.69. The molecule has 2 aliphatic rings. The molecule has 2 heterocycles. The SMILES string of the molecule is CC(C)(C)OC(=O)N1CCN(c2cnn(-c3cc(F)cc(F)c3)c(=O)c2O[C@H]2CC[C@@H](O)C2)CC1. The number of nitrogens with zero attached hydrogens (tertiary/aromatic N) is 4. The number of piperazine rings is 1. The molecule has 1 aliphatic heterocycles. The third-order valence-electron chi connectivity index (χ3n) is 5.92. The molecule has 2 aromatic rings. The largest absolute Gasteiger partial charge is 0.483 e. The number of rotatable bonds is 4. The van der Waals surface area contributed by atoms with Gasteiger partial charge in [0.1, 0.15) is 29.0 Å². The lowest BCUT2D eigenvalue weighted by molar-refractivity contribution is 0.0240. The zero-order chi connectivity index (χ0) is 25.3. The third kappa shape index (κ3) is 5.90. The van der Waals surface area contributed by atoms with Crippen LogP contribution in [-0.2, 0) is 4.74 Å². The van der Waals surface area contributed by atoms with E-state index in [4.69, 9.17) is 9.47 Å². The molecular weight excluding hydrogens is 462 g/mol. The molecule has 2 atom stereocenters. The highest BCUT2D eigenvalue weighted by Crippen LogP contribution is 2.30. The number of halogens is 2. The summed E-state index contributed by atoms with van der Waals surface area (Å²) in [6.07, 6.45) is 1.64. The molecule has 1 aliphatic carbocycles. The first-order valence-corrected chi connectivity index (χ1v) is 11.7.